The van der Waals surface area contributed by atoms with Crippen molar-refractivity contribution in [2.75, 3.05) is 5.32 Å². The van der Waals surface area contributed by atoms with Crippen LogP contribution in [-0.2, 0) is 6.42 Å². The summed E-state index contributed by atoms with van der Waals surface area (Å²) in [6, 6.07) is 18.9. The molecule has 1 N–H and O–H groups in total. The second-order valence-electron chi connectivity index (χ2n) is 6.63. The minimum absolute atomic E-state index is 0.207. The summed E-state index contributed by atoms with van der Waals surface area (Å²) in [4.78, 5) is 14.2. The molecule has 0 aliphatic heterocycles. The molecule has 0 saturated carbocycles. The second kappa shape index (κ2) is 7.06. The third-order valence-corrected chi connectivity index (χ3v) is 5.29. The first kappa shape index (κ1) is 17.4. The molecule has 0 aliphatic carbocycles. The van der Waals surface area contributed by atoms with E-state index in [0.29, 0.717) is 16.8 Å². The molecule has 142 valence electrons. The Bertz CT molecular complexity index is 1340. The number of carbonyl (C=O) groups is 1. The fourth-order valence-corrected chi connectivity index (χ4v) is 3.62. The lowest BCUT2D eigenvalue weighted by Crippen LogP contribution is -2.11. The summed E-state index contributed by atoms with van der Waals surface area (Å²) in [5, 5.41) is 12.0. The topological polar surface area (TPSA) is 85.6 Å². The summed E-state index contributed by atoms with van der Waals surface area (Å²) in [7, 11) is 0. The third kappa shape index (κ3) is 3.34. The van der Waals surface area contributed by atoms with Gasteiger partial charge in [-0.15, -0.1) is 10.2 Å². The zero-order chi connectivity index (χ0) is 19.8. The maximum absolute atomic E-state index is 12.6. The minimum atomic E-state index is -0.207. The monoisotopic (exact) mass is 400 g/mol. The number of aromatic nitrogens is 5. The zero-order valence-electron chi connectivity index (χ0n) is 15.5. The number of anilines is 1. The molecular weight excluding hydrogens is 384 g/mol. The van der Waals surface area contributed by atoms with Gasteiger partial charge in [0.25, 0.3) is 5.91 Å². The summed E-state index contributed by atoms with van der Waals surface area (Å²) in [5.41, 5.74) is 6.33. The van der Waals surface area contributed by atoms with Crippen LogP contribution in [0.4, 0.5) is 5.69 Å². The van der Waals surface area contributed by atoms with Crippen LogP contribution in [0.2, 0.25) is 0 Å². The number of benzene rings is 3. The lowest BCUT2D eigenvalue weighted by molar-refractivity contribution is 0.102. The first-order valence-electron chi connectivity index (χ1n) is 9.20. The molecule has 0 aliphatic rings. The van der Waals surface area contributed by atoms with Crippen LogP contribution in [0.25, 0.3) is 27.8 Å². The van der Waals surface area contributed by atoms with Gasteiger partial charge in [-0.1, -0.05) is 19.1 Å². The van der Waals surface area contributed by atoms with Gasteiger partial charge < -0.3 is 5.32 Å². The number of hydrogen-bond donors (Lipinski definition) is 1. The van der Waals surface area contributed by atoms with E-state index in [1.807, 2.05) is 30.3 Å². The van der Waals surface area contributed by atoms with Gasteiger partial charge in [0.1, 0.15) is 22.1 Å². The Morgan fingerprint density at radius 2 is 1.66 bits per heavy atom. The number of rotatable bonds is 4. The van der Waals surface area contributed by atoms with E-state index in [1.165, 1.54) is 5.56 Å². The molecule has 7 nitrogen and oxygen atoms in total. The van der Waals surface area contributed by atoms with Crippen molar-refractivity contribution in [2.24, 2.45) is 0 Å². The minimum Gasteiger partial charge on any atom is -0.322 e. The van der Waals surface area contributed by atoms with Crippen LogP contribution in [0.1, 0.15) is 22.8 Å². The number of nitrogens with one attached hydrogen (secondary N) is 1. The van der Waals surface area contributed by atoms with Gasteiger partial charge in [-0.05, 0) is 60.5 Å². The Labute approximate surface area is 170 Å². The normalized spacial score (nSPS) is 11.2. The summed E-state index contributed by atoms with van der Waals surface area (Å²) < 4.78 is 8.34. The van der Waals surface area contributed by atoms with Crippen molar-refractivity contribution in [1.29, 1.82) is 0 Å². The van der Waals surface area contributed by atoms with Gasteiger partial charge in [-0.3, -0.25) is 4.79 Å². The molecule has 2 heterocycles. The maximum atomic E-state index is 12.6. The molecule has 5 aromatic rings. The molecule has 8 heteroatoms. The Morgan fingerprint density at radius 3 is 2.48 bits per heavy atom. The largest absolute Gasteiger partial charge is 0.322 e. The highest BCUT2D eigenvalue weighted by Crippen LogP contribution is 2.20. The van der Waals surface area contributed by atoms with Crippen LogP contribution in [0.5, 0.6) is 0 Å². The highest BCUT2D eigenvalue weighted by Gasteiger charge is 2.11. The highest BCUT2D eigenvalue weighted by atomic mass is 32.1. The van der Waals surface area contributed by atoms with Crippen LogP contribution in [0, 0.1) is 0 Å². The van der Waals surface area contributed by atoms with Crippen molar-refractivity contribution in [2.45, 2.75) is 13.3 Å². The summed E-state index contributed by atoms with van der Waals surface area (Å²) in [5.74, 6) is -0.207. The van der Waals surface area contributed by atoms with E-state index in [0.717, 1.165) is 40.4 Å². The average molecular weight is 400 g/mol. The van der Waals surface area contributed by atoms with Crippen LogP contribution in [0.15, 0.2) is 60.7 Å². The average Bonchev–Trinajstić information content (AvgIpc) is 3.39. The predicted octanol–water partition coefficient (Wildman–Crippen LogP) is 4.24. The van der Waals surface area contributed by atoms with Gasteiger partial charge >= 0.3 is 0 Å². The highest BCUT2D eigenvalue weighted by molar-refractivity contribution is 7.00. The van der Waals surface area contributed by atoms with Crippen molar-refractivity contribution in [1.82, 2.24) is 23.7 Å². The quantitative estimate of drug-likeness (QED) is 0.488. The summed E-state index contributed by atoms with van der Waals surface area (Å²) >= 11 is 1.13. The van der Waals surface area contributed by atoms with E-state index in [9.17, 15) is 4.79 Å². The molecule has 29 heavy (non-hydrogen) atoms. The molecule has 3 aromatic carbocycles. The lowest BCUT2D eigenvalue weighted by atomic mass is 10.2. The Hall–Kier alpha value is -3.65. The van der Waals surface area contributed by atoms with Crippen molar-refractivity contribution in [3.63, 3.8) is 0 Å². The van der Waals surface area contributed by atoms with Crippen molar-refractivity contribution in [3.05, 3.63) is 71.8 Å². The first-order valence-corrected chi connectivity index (χ1v) is 9.93. The predicted molar refractivity (Wildman–Crippen MR) is 114 cm³/mol. The Morgan fingerprint density at radius 1 is 0.897 bits per heavy atom. The summed E-state index contributed by atoms with van der Waals surface area (Å²) in [6.45, 7) is 2.12. The lowest BCUT2D eigenvalue weighted by Gasteiger charge is -2.04. The van der Waals surface area contributed by atoms with E-state index in [2.05, 4.69) is 43.3 Å². The number of aryl methyl sites for hydroxylation is 1. The molecule has 0 spiro atoms. The van der Waals surface area contributed by atoms with Gasteiger partial charge in [0.05, 0.1) is 17.4 Å². The molecule has 2 aromatic heterocycles. The van der Waals surface area contributed by atoms with Gasteiger partial charge in [-0.2, -0.15) is 13.5 Å². The zero-order valence-corrected chi connectivity index (χ0v) is 16.3. The smallest absolute Gasteiger partial charge is 0.255 e. The SMILES string of the molecule is CCc1ccc(-n2nc3ccc(NC(=O)c4ccc5nsnc5c4)cc3n2)cc1. The van der Waals surface area contributed by atoms with E-state index in [4.69, 9.17) is 0 Å². The summed E-state index contributed by atoms with van der Waals surface area (Å²) in [6.07, 6.45) is 0.990. The number of fused-ring (bicyclic) bond motifs is 2. The molecule has 0 unspecified atom stereocenters. The second-order valence-corrected chi connectivity index (χ2v) is 7.16. The molecule has 1 amide bonds. The van der Waals surface area contributed by atoms with Crippen LogP contribution >= 0.6 is 11.7 Å². The molecular formula is C21H16N6OS. The third-order valence-electron chi connectivity index (χ3n) is 4.73. The van der Waals surface area contributed by atoms with Crippen molar-refractivity contribution >= 4 is 45.4 Å². The van der Waals surface area contributed by atoms with E-state index < -0.39 is 0 Å². The Kier molecular flexibility index (Phi) is 4.25. The van der Waals surface area contributed by atoms with E-state index in [-0.39, 0.29) is 5.91 Å². The number of carbonyl (C=O) groups excluding carboxylic acids is 1. The van der Waals surface area contributed by atoms with Gasteiger partial charge in [0.15, 0.2) is 0 Å². The molecule has 0 saturated heterocycles. The van der Waals surface area contributed by atoms with Crippen LogP contribution in [0.3, 0.4) is 0 Å². The number of nitrogens with zero attached hydrogens (tertiary/aromatic N) is 5. The fraction of sp³-hybridized carbons (Fsp3) is 0.0952. The fourth-order valence-electron chi connectivity index (χ4n) is 3.10. The van der Waals surface area contributed by atoms with E-state index >= 15 is 0 Å². The molecule has 0 fully saturated rings. The molecule has 0 radical (unpaired) electrons. The first-order chi connectivity index (χ1) is 14.2. The van der Waals surface area contributed by atoms with Crippen molar-refractivity contribution in [3.8, 4) is 5.69 Å². The number of hydrogen-bond acceptors (Lipinski definition) is 6. The van der Waals surface area contributed by atoms with Gasteiger partial charge in [-0.25, -0.2) is 0 Å². The Balaban J connectivity index is 1.40. The van der Waals surface area contributed by atoms with Gasteiger partial charge in [0.2, 0.25) is 0 Å². The molecule has 0 bridgehead atoms. The molecule has 0 atom stereocenters. The van der Waals surface area contributed by atoms with Crippen LogP contribution < -0.4 is 5.32 Å². The van der Waals surface area contributed by atoms with Crippen LogP contribution in [-0.4, -0.2) is 29.6 Å². The van der Waals surface area contributed by atoms with E-state index in [1.54, 1.807) is 23.0 Å². The standard InChI is InChI=1S/C21H16N6OS/c1-2-13-3-7-16(8-4-13)27-23-17-10-6-15(12-19(17)24-27)22-21(28)14-5-9-18-20(11-14)26-29-25-18/h3-12H,2H2,1H3,(H,22,28). The number of amides is 1. The van der Waals surface area contributed by atoms with Crippen molar-refractivity contribution < 1.29 is 4.79 Å². The maximum Gasteiger partial charge on any atom is 0.255 e. The van der Waals surface area contributed by atoms with Gasteiger partial charge in [0, 0.05) is 11.3 Å². The molecule has 5 rings (SSSR count).